The molecule has 0 fully saturated rings. The molecule has 0 aliphatic carbocycles. The molecule has 0 heterocycles. The van der Waals surface area contributed by atoms with Crippen LogP contribution in [0.15, 0.2) is 48.5 Å². The summed E-state index contributed by atoms with van der Waals surface area (Å²) in [6, 6.07) is 13.3. The molecule has 1 amide bonds. The maximum atomic E-state index is 13.5. The van der Waals surface area contributed by atoms with Gasteiger partial charge in [-0.3, -0.25) is 5.32 Å². The first-order valence-electron chi connectivity index (χ1n) is 8.07. The monoisotopic (exact) mass is 343 g/mol. The summed E-state index contributed by atoms with van der Waals surface area (Å²) in [5.74, 6) is -0.569. The van der Waals surface area contributed by atoms with E-state index < -0.39 is 11.7 Å². The zero-order valence-electron chi connectivity index (χ0n) is 14.6. The van der Waals surface area contributed by atoms with E-state index in [4.69, 9.17) is 4.74 Å². The van der Waals surface area contributed by atoms with Gasteiger partial charge in [-0.25, -0.2) is 9.18 Å². The Kier molecular flexibility index (Phi) is 5.91. The van der Waals surface area contributed by atoms with Crippen molar-refractivity contribution >= 4 is 18.1 Å². The lowest BCUT2D eigenvalue weighted by Crippen LogP contribution is -2.27. The van der Waals surface area contributed by atoms with Crippen LogP contribution < -0.4 is 5.32 Å². The van der Waals surface area contributed by atoms with Gasteiger partial charge in [0.15, 0.2) is 0 Å². The third kappa shape index (κ3) is 5.71. The van der Waals surface area contributed by atoms with Crippen molar-refractivity contribution in [2.24, 2.45) is 0 Å². The highest BCUT2D eigenvalue weighted by atomic mass is 19.1. The Morgan fingerprint density at radius 3 is 2.40 bits per heavy atom. The Hall–Kier alpha value is -2.69. The smallest absolute Gasteiger partial charge is 0.412 e. The van der Waals surface area contributed by atoms with Gasteiger partial charge in [0.2, 0.25) is 0 Å². The van der Waals surface area contributed by atoms with E-state index in [2.05, 4.69) is 5.32 Å². The number of hydrogen-bond acceptors (Lipinski definition) is 3. The highest BCUT2D eigenvalue weighted by molar-refractivity contribution is 5.84. The van der Waals surface area contributed by atoms with Crippen LogP contribution in [0.1, 0.15) is 44.2 Å². The van der Waals surface area contributed by atoms with Crippen LogP contribution in [-0.2, 0) is 9.53 Å². The summed E-state index contributed by atoms with van der Waals surface area (Å²) in [7, 11) is 0. The molecule has 1 atom stereocenters. The average molecular weight is 343 g/mol. The van der Waals surface area contributed by atoms with Crippen molar-refractivity contribution in [2.75, 3.05) is 5.32 Å². The number of nitrogens with one attached hydrogen (secondary N) is 1. The van der Waals surface area contributed by atoms with Crippen molar-refractivity contribution in [1.29, 1.82) is 0 Å². The molecule has 132 valence electrons. The lowest BCUT2D eigenvalue weighted by atomic mass is 9.89. The van der Waals surface area contributed by atoms with E-state index in [9.17, 15) is 14.0 Å². The van der Waals surface area contributed by atoms with Crippen LogP contribution >= 0.6 is 0 Å². The minimum absolute atomic E-state index is 0.233. The fraction of sp³-hybridized carbons (Fsp3) is 0.300. The van der Waals surface area contributed by atoms with Crippen molar-refractivity contribution < 1.29 is 18.7 Å². The standard InChI is InChI=1S/C20H22FNO3/c1-20(2,3)25-19(24)22-17-9-7-14(8-10-17)18(11-12-23)15-5-4-6-16(21)13-15/h4-10,12-13,18H,11H2,1-3H3,(H,22,24). The van der Waals surface area contributed by atoms with Crippen molar-refractivity contribution in [2.45, 2.75) is 38.7 Å². The predicted molar refractivity (Wildman–Crippen MR) is 95.2 cm³/mol. The van der Waals surface area contributed by atoms with Gasteiger partial charge in [-0.05, 0) is 56.2 Å². The van der Waals surface area contributed by atoms with Gasteiger partial charge in [-0.1, -0.05) is 24.3 Å². The van der Waals surface area contributed by atoms with Crippen molar-refractivity contribution in [3.05, 3.63) is 65.5 Å². The summed E-state index contributed by atoms with van der Waals surface area (Å²) in [4.78, 5) is 22.8. The Bertz CT molecular complexity index is 735. The first kappa shape index (κ1) is 18.6. The molecule has 0 saturated carbocycles. The molecule has 0 aliphatic rings. The second kappa shape index (κ2) is 7.92. The van der Waals surface area contributed by atoms with E-state index in [1.165, 1.54) is 12.1 Å². The third-order valence-electron chi connectivity index (χ3n) is 3.54. The molecule has 2 aromatic rings. The molecular formula is C20H22FNO3. The number of carbonyl (C=O) groups is 2. The second-order valence-corrected chi connectivity index (χ2v) is 6.76. The molecule has 0 spiro atoms. The van der Waals surface area contributed by atoms with Gasteiger partial charge in [0, 0.05) is 18.0 Å². The zero-order valence-corrected chi connectivity index (χ0v) is 14.6. The molecule has 0 radical (unpaired) electrons. The maximum absolute atomic E-state index is 13.5. The van der Waals surface area contributed by atoms with Gasteiger partial charge in [-0.2, -0.15) is 0 Å². The number of carbonyl (C=O) groups excluding carboxylic acids is 2. The normalized spacial score (nSPS) is 12.3. The number of rotatable bonds is 5. The van der Waals surface area contributed by atoms with Crippen molar-refractivity contribution in [3.63, 3.8) is 0 Å². The fourth-order valence-electron chi connectivity index (χ4n) is 2.50. The van der Waals surface area contributed by atoms with Gasteiger partial charge >= 0.3 is 6.09 Å². The van der Waals surface area contributed by atoms with Crippen LogP contribution in [0.25, 0.3) is 0 Å². The number of benzene rings is 2. The molecule has 0 aromatic heterocycles. The van der Waals surface area contributed by atoms with Gasteiger partial charge in [0.05, 0.1) is 0 Å². The molecule has 1 unspecified atom stereocenters. The Labute approximate surface area is 147 Å². The summed E-state index contributed by atoms with van der Waals surface area (Å²) >= 11 is 0. The minimum atomic E-state index is -0.573. The number of aldehydes is 1. The molecule has 1 N–H and O–H groups in total. The molecule has 5 heteroatoms. The molecular weight excluding hydrogens is 321 g/mol. The average Bonchev–Trinajstić information content (AvgIpc) is 2.52. The van der Waals surface area contributed by atoms with Gasteiger partial charge in [0.1, 0.15) is 17.7 Å². The van der Waals surface area contributed by atoms with Crippen LogP contribution in [0.3, 0.4) is 0 Å². The third-order valence-corrected chi connectivity index (χ3v) is 3.54. The molecule has 4 nitrogen and oxygen atoms in total. The van der Waals surface area contributed by atoms with Crippen molar-refractivity contribution in [1.82, 2.24) is 0 Å². The number of amides is 1. The summed E-state index contributed by atoms with van der Waals surface area (Å²) in [6.45, 7) is 5.37. The fourth-order valence-corrected chi connectivity index (χ4v) is 2.50. The van der Waals surface area contributed by atoms with Crippen molar-refractivity contribution in [3.8, 4) is 0 Å². The largest absolute Gasteiger partial charge is 0.444 e. The molecule has 0 aliphatic heterocycles. The highest BCUT2D eigenvalue weighted by Crippen LogP contribution is 2.28. The molecule has 0 bridgehead atoms. The molecule has 2 aromatic carbocycles. The van der Waals surface area contributed by atoms with Crippen LogP contribution in [0, 0.1) is 5.82 Å². The summed E-state index contributed by atoms with van der Waals surface area (Å²) in [5.41, 5.74) is 1.62. The zero-order chi connectivity index (χ0) is 18.4. The van der Waals surface area contributed by atoms with Crippen LogP contribution in [-0.4, -0.2) is 18.0 Å². The van der Waals surface area contributed by atoms with E-state index in [0.29, 0.717) is 5.69 Å². The summed E-state index contributed by atoms with van der Waals surface area (Å²) in [5, 5.41) is 2.65. The maximum Gasteiger partial charge on any atom is 0.412 e. The SMILES string of the molecule is CC(C)(C)OC(=O)Nc1ccc(C(CC=O)c2cccc(F)c2)cc1. The van der Waals surface area contributed by atoms with Crippen LogP contribution in [0.4, 0.5) is 14.9 Å². The number of anilines is 1. The summed E-state index contributed by atoms with van der Waals surface area (Å²) in [6.07, 6.45) is 0.542. The Morgan fingerprint density at radius 1 is 1.16 bits per heavy atom. The topological polar surface area (TPSA) is 55.4 Å². The Balaban J connectivity index is 2.16. The first-order valence-corrected chi connectivity index (χ1v) is 8.07. The molecule has 2 rings (SSSR count). The van der Waals surface area contributed by atoms with Gasteiger partial charge in [0.25, 0.3) is 0 Å². The quantitative estimate of drug-likeness (QED) is 0.786. The van der Waals surface area contributed by atoms with Crippen LogP contribution in [0.2, 0.25) is 0 Å². The van der Waals surface area contributed by atoms with Gasteiger partial charge < -0.3 is 9.53 Å². The lowest BCUT2D eigenvalue weighted by Gasteiger charge is -2.20. The molecule has 0 saturated heterocycles. The predicted octanol–water partition coefficient (Wildman–Crippen LogP) is 4.89. The van der Waals surface area contributed by atoms with E-state index in [-0.39, 0.29) is 18.2 Å². The first-order chi connectivity index (χ1) is 11.8. The van der Waals surface area contributed by atoms with E-state index in [1.54, 1.807) is 45.0 Å². The number of hydrogen-bond donors (Lipinski definition) is 1. The van der Waals surface area contributed by atoms with E-state index >= 15 is 0 Å². The number of halogens is 1. The second-order valence-electron chi connectivity index (χ2n) is 6.76. The lowest BCUT2D eigenvalue weighted by molar-refractivity contribution is -0.108. The van der Waals surface area contributed by atoms with E-state index in [0.717, 1.165) is 17.4 Å². The van der Waals surface area contributed by atoms with Gasteiger partial charge in [-0.15, -0.1) is 0 Å². The minimum Gasteiger partial charge on any atom is -0.444 e. The molecule has 25 heavy (non-hydrogen) atoms. The van der Waals surface area contributed by atoms with Crippen LogP contribution in [0.5, 0.6) is 0 Å². The highest BCUT2D eigenvalue weighted by Gasteiger charge is 2.17. The van der Waals surface area contributed by atoms with E-state index in [1.807, 2.05) is 12.1 Å². The summed E-state index contributed by atoms with van der Waals surface area (Å²) < 4.78 is 18.7. The Morgan fingerprint density at radius 2 is 1.84 bits per heavy atom. The number of ether oxygens (including phenoxy) is 1.